The number of nitrogens with one attached hydrogen (secondary N) is 1. The lowest BCUT2D eigenvalue weighted by atomic mass is 10.2. The van der Waals surface area contributed by atoms with Crippen LogP contribution in [0.1, 0.15) is 25.8 Å². The van der Waals surface area contributed by atoms with Crippen molar-refractivity contribution in [2.75, 3.05) is 26.2 Å². The number of sulfonamides is 1. The molecule has 1 rings (SSSR count). The monoisotopic (exact) mass is 329 g/mol. The summed E-state index contributed by atoms with van der Waals surface area (Å²) >= 11 is 4.87. The Kier molecular flexibility index (Phi) is 7.24. The summed E-state index contributed by atoms with van der Waals surface area (Å²) in [7, 11) is -3.53. The zero-order valence-corrected chi connectivity index (χ0v) is 14.1. The van der Waals surface area contributed by atoms with Crippen molar-refractivity contribution in [1.29, 1.82) is 0 Å². The van der Waals surface area contributed by atoms with Gasteiger partial charge in [0.05, 0.1) is 4.90 Å². The van der Waals surface area contributed by atoms with Crippen LogP contribution in [0.25, 0.3) is 0 Å². The van der Waals surface area contributed by atoms with Crippen molar-refractivity contribution in [1.82, 2.24) is 9.62 Å². The molecule has 21 heavy (non-hydrogen) atoms. The van der Waals surface area contributed by atoms with Gasteiger partial charge in [0.25, 0.3) is 0 Å². The van der Waals surface area contributed by atoms with Gasteiger partial charge in [-0.25, -0.2) is 13.1 Å². The SMILES string of the molecule is CCCN(CC)CCNS(=O)(=O)c1cccc(C(N)=S)c1. The molecule has 0 amide bonds. The minimum absolute atomic E-state index is 0.186. The van der Waals surface area contributed by atoms with Crippen LogP contribution in [0.5, 0.6) is 0 Å². The van der Waals surface area contributed by atoms with Gasteiger partial charge in [0.2, 0.25) is 10.0 Å². The Bertz CT molecular complexity index is 573. The van der Waals surface area contributed by atoms with Gasteiger partial charge >= 0.3 is 0 Å². The Morgan fingerprint density at radius 3 is 2.62 bits per heavy atom. The number of hydrogen-bond acceptors (Lipinski definition) is 4. The van der Waals surface area contributed by atoms with Gasteiger partial charge < -0.3 is 10.6 Å². The van der Waals surface area contributed by atoms with Crippen LogP contribution in [0.4, 0.5) is 0 Å². The molecule has 0 saturated carbocycles. The molecular formula is C14H23N3O2S2. The lowest BCUT2D eigenvalue weighted by molar-refractivity contribution is 0.293. The number of thiocarbonyl (C=S) groups is 1. The second-order valence-electron chi connectivity index (χ2n) is 4.72. The van der Waals surface area contributed by atoms with E-state index in [0.717, 1.165) is 19.5 Å². The lowest BCUT2D eigenvalue weighted by Crippen LogP contribution is -2.35. The number of nitrogens with two attached hydrogens (primary N) is 1. The highest BCUT2D eigenvalue weighted by molar-refractivity contribution is 7.89. The molecule has 0 heterocycles. The van der Waals surface area contributed by atoms with Crippen molar-refractivity contribution in [2.45, 2.75) is 25.2 Å². The lowest BCUT2D eigenvalue weighted by Gasteiger charge is -2.19. The molecule has 0 aliphatic carbocycles. The second-order valence-corrected chi connectivity index (χ2v) is 6.93. The molecule has 118 valence electrons. The molecule has 0 aromatic heterocycles. The zero-order chi connectivity index (χ0) is 15.9. The smallest absolute Gasteiger partial charge is 0.240 e. The highest BCUT2D eigenvalue weighted by atomic mass is 32.2. The van der Waals surface area contributed by atoms with E-state index in [1.54, 1.807) is 12.1 Å². The molecule has 1 aromatic carbocycles. The first kappa shape index (κ1) is 18.0. The molecule has 0 aliphatic rings. The van der Waals surface area contributed by atoms with E-state index in [0.29, 0.717) is 18.7 Å². The summed E-state index contributed by atoms with van der Waals surface area (Å²) in [6.45, 7) is 7.12. The molecule has 0 fully saturated rings. The summed E-state index contributed by atoms with van der Waals surface area (Å²) in [4.78, 5) is 2.58. The third-order valence-electron chi connectivity index (χ3n) is 3.14. The minimum Gasteiger partial charge on any atom is -0.389 e. The Morgan fingerprint density at radius 2 is 2.05 bits per heavy atom. The summed E-state index contributed by atoms with van der Waals surface area (Å²) in [6, 6.07) is 6.36. The topological polar surface area (TPSA) is 75.4 Å². The van der Waals surface area contributed by atoms with Crippen molar-refractivity contribution < 1.29 is 8.42 Å². The van der Waals surface area contributed by atoms with Gasteiger partial charge in [-0.2, -0.15) is 0 Å². The van der Waals surface area contributed by atoms with Gasteiger partial charge in [-0.3, -0.25) is 0 Å². The molecule has 0 atom stereocenters. The molecule has 5 nitrogen and oxygen atoms in total. The summed E-state index contributed by atoms with van der Waals surface area (Å²) in [6.07, 6.45) is 1.05. The summed E-state index contributed by atoms with van der Waals surface area (Å²) in [5.74, 6) is 0. The van der Waals surface area contributed by atoms with Gasteiger partial charge in [0, 0.05) is 18.7 Å². The van der Waals surface area contributed by atoms with E-state index >= 15 is 0 Å². The second kappa shape index (κ2) is 8.43. The molecule has 0 bridgehead atoms. The van der Waals surface area contributed by atoms with Gasteiger partial charge in [-0.15, -0.1) is 0 Å². The maximum atomic E-state index is 12.2. The maximum Gasteiger partial charge on any atom is 0.240 e. The Hall–Kier alpha value is -1.02. The van der Waals surface area contributed by atoms with Crippen molar-refractivity contribution >= 4 is 27.2 Å². The molecule has 1 aromatic rings. The molecule has 0 saturated heterocycles. The molecular weight excluding hydrogens is 306 g/mol. The Labute approximate surface area is 132 Å². The first-order valence-corrected chi connectivity index (χ1v) is 8.91. The van der Waals surface area contributed by atoms with Gasteiger partial charge in [0.15, 0.2) is 0 Å². The molecule has 0 radical (unpaired) electrons. The highest BCUT2D eigenvalue weighted by Crippen LogP contribution is 2.11. The fourth-order valence-electron chi connectivity index (χ4n) is 1.98. The van der Waals surface area contributed by atoms with E-state index in [1.807, 2.05) is 0 Å². The molecule has 3 N–H and O–H groups in total. The number of hydrogen-bond donors (Lipinski definition) is 2. The van der Waals surface area contributed by atoms with E-state index in [9.17, 15) is 8.42 Å². The van der Waals surface area contributed by atoms with E-state index in [2.05, 4.69) is 23.5 Å². The van der Waals surface area contributed by atoms with E-state index < -0.39 is 10.0 Å². The number of benzene rings is 1. The van der Waals surface area contributed by atoms with Crippen LogP contribution >= 0.6 is 12.2 Å². The average molecular weight is 329 g/mol. The highest BCUT2D eigenvalue weighted by Gasteiger charge is 2.14. The molecule has 7 heteroatoms. The summed E-state index contributed by atoms with van der Waals surface area (Å²) in [5.41, 5.74) is 6.08. The zero-order valence-electron chi connectivity index (χ0n) is 12.5. The summed E-state index contributed by atoms with van der Waals surface area (Å²) in [5, 5.41) is 0. The number of nitrogens with zero attached hydrogens (tertiary/aromatic N) is 1. The van der Waals surface area contributed by atoms with E-state index in [4.69, 9.17) is 18.0 Å². The van der Waals surface area contributed by atoms with Crippen molar-refractivity contribution in [3.05, 3.63) is 29.8 Å². The Morgan fingerprint density at radius 1 is 1.33 bits per heavy atom. The fourth-order valence-corrected chi connectivity index (χ4v) is 3.18. The number of likely N-dealkylation sites (N-methyl/N-ethyl adjacent to an activating group) is 1. The molecule has 0 spiro atoms. The Balaban J connectivity index is 2.69. The maximum absolute atomic E-state index is 12.2. The fraction of sp³-hybridized carbons (Fsp3) is 0.500. The van der Waals surface area contributed by atoms with E-state index in [1.165, 1.54) is 12.1 Å². The van der Waals surface area contributed by atoms with Crippen molar-refractivity contribution in [3.63, 3.8) is 0 Å². The van der Waals surface area contributed by atoms with Crippen molar-refractivity contribution in [3.8, 4) is 0 Å². The van der Waals surface area contributed by atoms with Gasteiger partial charge in [0.1, 0.15) is 4.99 Å². The van der Waals surface area contributed by atoms with Gasteiger partial charge in [-0.1, -0.05) is 38.2 Å². The van der Waals surface area contributed by atoms with Crippen molar-refractivity contribution in [2.24, 2.45) is 5.73 Å². The average Bonchev–Trinajstić information content (AvgIpc) is 2.46. The van der Waals surface area contributed by atoms with Crippen LogP contribution in [0.2, 0.25) is 0 Å². The van der Waals surface area contributed by atoms with Crippen LogP contribution in [0.15, 0.2) is 29.2 Å². The minimum atomic E-state index is -3.53. The van der Waals surface area contributed by atoms with Crippen LogP contribution < -0.4 is 10.5 Å². The molecule has 0 unspecified atom stereocenters. The van der Waals surface area contributed by atoms with Crippen LogP contribution in [0.3, 0.4) is 0 Å². The normalized spacial score (nSPS) is 11.8. The van der Waals surface area contributed by atoms with Gasteiger partial charge in [-0.05, 0) is 31.6 Å². The standard InChI is InChI=1S/C14H23N3O2S2/c1-3-9-17(4-2)10-8-16-21(18,19)13-7-5-6-12(11-13)14(15)20/h5-7,11,16H,3-4,8-10H2,1-2H3,(H2,15,20). The predicted molar refractivity (Wildman–Crippen MR) is 89.9 cm³/mol. The van der Waals surface area contributed by atoms with Crippen LogP contribution in [-0.4, -0.2) is 44.5 Å². The molecule has 0 aliphatic heterocycles. The predicted octanol–water partition coefficient (Wildman–Crippen LogP) is 1.33. The summed E-state index contributed by atoms with van der Waals surface area (Å²) < 4.78 is 27.1. The third-order valence-corrected chi connectivity index (χ3v) is 4.83. The van der Waals surface area contributed by atoms with Crippen LogP contribution in [0, 0.1) is 0 Å². The largest absolute Gasteiger partial charge is 0.389 e. The van der Waals surface area contributed by atoms with E-state index in [-0.39, 0.29) is 9.88 Å². The third kappa shape index (κ3) is 5.70. The first-order chi connectivity index (χ1) is 9.90. The first-order valence-electron chi connectivity index (χ1n) is 7.02. The number of rotatable bonds is 9. The quantitative estimate of drug-likeness (QED) is 0.669. The van der Waals surface area contributed by atoms with Crippen LogP contribution in [-0.2, 0) is 10.0 Å².